The number of rotatable bonds is 2. The van der Waals surface area contributed by atoms with E-state index in [-0.39, 0.29) is 0 Å². The van der Waals surface area contributed by atoms with Crippen molar-refractivity contribution < 1.29 is 0 Å². The van der Waals surface area contributed by atoms with Crippen molar-refractivity contribution in [2.75, 3.05) is 7.05 Å². The van der Waals surface area contributed by atoms with Crippen LogP contribution in [-0.4, -0.2) is 16.4 Å². The summed E-state index contributed by atoms with van der Waals surface area (Å²) < 4.78 is 1.89. The quantitative estimate of drug-likeness (QED) is 0.820. The Bertz CT molecular complexity index is 462. The molecule has 2 heterocycles. The third-order valence-corrected chi connectivity index (χ3v) is 2.44. The van der Waals surface area contributed by atoms with Gasteiger partial charge in [-0.05, 0) is 43.3 Å². The monoisotopic (exact) mass is 209 g/mol. The molecule has 0 aromatic carbocycles. The molecule has 2 aromatic rings. The number of nitrogens with zero attached hydrogens (tertiary/aromatic N) is 2. The van der Waals surface area contributed by atoms with Gasteiger partial charge in [0.15, 0.2) is 0 Å². The molecule has 0 saturated carbocycles. The number of halogens is 1. The predicted molar refractivity (Wildman–Crippen MR) is 57.7 cm³/mol. The summed E-state index contributed by atoms with van der Waals surface area (Å²) in [5.74, 6) is 0. The first-order valence-electron chi connectivity index (χ1n) is 4.50. The summed E-state index contributed by atoms with van der Waals surface area (Å²) in [5, 5.41) is 3.59. The first-order chi connectivity index (χ1) is 6.72. The number of pyridine rings is 1. The van der Waals surface area contributed by atoms with Gasteiger partial charge in [0.05, 0.1) is 11.2 Å². The highest BCUT2D eigenvalue weighted by Crippen LogP contribution is 2.17. The molecule has 0 fully saturated rings. The number of nitrogens with one attached hydrogen (secondary N) is 1. The molecule has 4 heteroatoms. The molecule has 1 N–H and O–H groups in total. The molecule has 0 atom stereocenters. The van der Waals surface area contributed by atoms with Crippen LogP contribution < -0.4 is 5.32 Å². The minimum absolute atomic E-state index is 0.519. The summed E-state index contributed by atoms with van der Waals surface area (Å²) in [6.07, 6.45) is 1.94. The van der Waals surface area contributed by atoms with E-state index in [1.807, 2.05) is 23.7 Å². The van der Waals surface area contributed by atoms with Crippen LogP contribution in [0.2, 0.25) is 5.28 Å². The molecule has 0 amide bonds. The summed E-state index contributed by atoms with van der Waals surface area (Å²) in [7, 11) is 1.90. The zero-order valence-corrected chi connectivity index (χ0v) is 8.97. The number of hydrogen-bond acceptors (Lipinski definition) is 2. The van der Waals surface area contributed by atoms with Crippen molar-refractivity contribution in [2.24, 2.45) is 0 Å². The molecule has 2 aromatic heterocycles. The average Bonchev–Trinajstić information content (AvgIpc) is 2.44. The summed E-state index contributed by atoms with van der Waals surface area (Å²) in [6.45, 7) is 2.80. The Morgan fingerprint density at radius 3 is 3.07 bits per heavy atom. The minimum Gasteiger partial charge on any atom is -0.314 e. The Kier molecular flexibility index (Phi) is 2.44. The Morgan fingerprint density at radius 1 is 1.57 bits per heavy atom. The first-order valence-corrected chi connectivity index (χ1v) is 4.88. The predicted octanol–water partition coefficient (Wildman–Crippen LogP) is 2.02. The number of imidazole rings is 1. The van der Waals surface area contributed by atoms with Gasteiger partial charge in [-0.15, -0.1) is 0 Å². The fourth-order valence-corrected chi connectivity index (χ4v) is 1.76. The van der Waals surface area contributed by atoms with Crippen LogP contribution in [0.15, 0.2) is 18.3 Å². The number of aromatic nitrogens is 2. The van der Waals surface area contributed by atoms with Crippen LogP contribution in [0.4, 0.5) is 0 Å². The Balaban J connectivity index is 2.66. The SMILES string of the molecule is CNCc1nc(Cl)n2ccc(C)cc12. The summed E-state index contributed by atoms with van der Waals surface area (Å²) in [5.41, 5.74) is 3.27. The van der Waals surface area contributed by atoms with E-state index in [2.05, 4.69) is 23.3 Å². The van der Waals surface area contributed by atoms with E-state index >= 15 is 0 Å². The largest absolute Gasteiger partial charge is 0.314 e. The smallest absolute Gasteiger partial charge is 0.207 e. The normalized spacial score (nSPS) is 11.1. The highest BCUT2D eigenvalue weighted by molar-refractivity contribution is 6.28. The van der Waals surface area contributed by atoms with Gasteiger partial charge in [0.2, 0.25) is 5.28 Å². The van der Waals surface area contributed by atoms with Gasteiger partial charge in [-0.1, -0.05) is 0 Å². The molecular formula is C10H12ClN3. The van der Waals surface area contributed by atoms with Gasteiger partial charge < -0.3 is 5.32 Å². The summed E-state index contributed by atoms with van der Waals surface area (Å²) in [4.78, 5) is 4.29. The number of hydrogen-bond donors (Lipinski definition) is 1. The van der Waals surface area contributed by atoms with Crippen molar-refractivity contribution in [1.29, 1.82) is 0 Å². The lowest BCUT2D eigenvalue weighted by Crippen LogP contribution is -2.05. The van der Waals surface area contributed by atoms with Crippen molar-refractivity contribution >= 4 is 17.1 Å². The van der Waals surface area contributed by atoms with E-state index in [9.17, 15) is 0 Å². The molecule has 3 nitrogen and oxygen atoms in total. The minimum atomic E-state index is 0.519. The van der Waals surface area contributed by atoms with Crippen LogP contribution in [0.5, 0.6) is 0 Å². The highest BCUT2D eigenvalue weighted by atomic mass is 35.5. The fourth-order valence-electron chi connectivity index (χ4n) is 1.51. The van der Waals surface area contributed by atoms with Gasteiger partial charge in [-0.2, -0.15) is 0 Å². The van der Waals surface area contributed by atoms with Gasteiger partial charge >= 0.3 is 0 Å². The van der Waals surface area contributed by atoms with Crippen LogP contribution in [0.3, 0.4) is 0 Å². The molecule has 2 rings (SSSR count). The van der Waals surface area contributed by atoms with E-state index in [1.54, 1.807) is 0 Å². The molecule has 0 spiro atoms. The van der Waals surface area contributed by atoms with Gasteiger partial charge in [-0.3, -0.25) is 4.40 Å². The van der Waals surface area contributed by atoms with E-state index < -0.39 is 0 Å². The van der Waals surface area contributed by atoms with E-state index in [0.717, 1.165) is 17.8 Å². The van der Waals surface area contributed by atoms with Crippen LogP contribution in [0.25, 0.3) is 5.52 Å². The third kappa shape index (κ3) is 1.49. The fraction of sp³-hybridized carbons (Fsp3) is 0.300. The topological polar surface area (TPSA) is 29.3 Å². The van der Waals surface area contributed by atoms with Crippen molar-refractivity contribution in [3.8, 4) is 0 Å². The van der Waals surface area contributed by atoms with Crippen molar-refractivity contribution in [3.05, 3.63) is 34.9 Å². The Hall–Kier alpha value is -1.06. The lowest BCUT2D eigenvalue weighted by molar-refractivity contribution is 0.802. The lowest BCUT2D eigenvalue weighted by Gasteiger charge is -1.98. The molecule has 74 valence electrons. The second kappa shape index (κ2) is 3.59. The van der Waals surface area contributed by atoms with Crippen LogP contribution in [0, 0.1) is 6.92 Å². The van der Waals surface area contributed by atoms with E-state index in [4.69, 9.17) is 11.6 Å². The van der Waals surface area contributed by atoms with Gasteiger partial charge in [-0.25, -0.2) is 4.98 Å². The zero-order valence-electron chi connectivity index (χ0n) is 8.21. The molecular weight excluding hydrogens is 198 g/mol. The maximum absolute atomic E-state index is 5.99. The van der Waals surface area contributed by atoms with Crippen molar-refractivity contribution in [3.63, 3.8) is 0 Å². The first kappa shape index (κ1) is 9.49. The summed E-state index contributed by atoms with van der Waals surface area (Å²) >= 11 is 5.99. The van der Waals surface area contributed by atoms with E-state index in [0.29, 0.717) is 5.28 Å². The van der Waals surface area contributed by atoms with Crippen molar-refractivity contribution in [2.45, 2.75) is 13.5 Å². The lowest BCUT2D eigenvalue weighted by atomic mass is 10.2. The molecule has 0 aliphatic heterocycles. The van der Waals surface area contributed by atoms with Crippen LogP contribution in [-0.2, 0) is 6.54 Å². The highest BCUT2D eigenvalue weighted by Gasteiger charge is 2.07. The zero-order chi connectivity index (χ0) is 10.1. The standard InChI is InChI=1S/C10H12ClN3/c1-7-3-4-14-9(5-7)8(6-12-2)13-10(14)11/h3-5,12H,6H2,1-2H3. The molecule has 0 aliphatic carbocycles. The maximum Gasteiger partial charge on any atom is 0.207 e. The molecule has 0 unspecified atom stereocenters. The molecule has 0 bridgehead atoms. The van der Waals surface area contributed by atoms with Crippen molar-refractivity contribution in [1.82, 2.24) is 14.7 Å². The van der Waals surface area contributed by atoms with Gasteiger partial charge in [0.25, 0.3) is 0 Å². The van der Waals surface area contributed by atoms with Crippen LogP contribution in [0.1, 0.15) is 11.3 Å². The Labute approximate surface area is 87.7 Å². The van der Waals surface area contributed by atoms with Gasteiger partial charge in [0, 0.05) is 12.7 Å². The summed E-state index contributed by atoms with van der Waals surface area (Å²) in [6, 6.07) is 4.11. The second-order valence-corrected chi connectivity index (χ2v) is 3.66. The molecule has 0 aliphatic rings. The molecule has 14 heavy (non-hydrogen) atoms. The van der Waals surface area contributed by atoms with Gasteiger partial charge in [0.1, 0.15) is 0 Å². The molecule has 0 radical (unpaired) electrons. The number of fused-ring (bicyclic) bond motifs is 1. The van der Waals surface area contributed by atoms with Crippen LogP contribution >= 0.6 is 11.6 Å². The van der Waals surface area contributed by atoms with E-state index in [1.165, 1.54) is 5.56 Å². The average molecular weight is 210 g/mol. The Morgan fingerprint density at radius 2 is 2.36 bits per heavy atom. The third-order valence-electron chi connectivity index (χ3n) is 2.18. The number of aryl methyl sites for hydroxylation is 1. The second-order valence-electron chi connectivity index (χ2n) is 3.32. The maximum atomic E-state index is 5.99. The molecule has 0 saturated heterocycles.